The molecule has 1 aliphatic heterocycles. The van der Waals surface area contributed by atoms with E-state index in [1.54, 1.807) is 28.6 Å². The Morgan fingerprint density at radius 1 is 1.00 bits per heavy atom. The van der Waals surface area contributed by atoms with Crippen LogP contribution in [-0.2, 0) is 10.0 Å². The topological polar surface area (TPSA) is 46.6 Å². The van der Waals surface area contributed by atoms with Crippen molar-refractivity contribution >= 4 is 10.0 Å². The van der Waals surface area contributed by atoms with Gasteiger partial charge in [0, 0.05) is 13.1 Å². The minimum atomic E-state index is -3.39. The lowest BCUT2D eigenvalue weighted by molar-refractivity contribution is 0.135. The van der Waals surface area contributed by atoms with Gasteiger partial charge in [-0.15, -0.1) is 0 Å². The first-order valence-electron chi connectivity index (χ1n) is 7.84. The molecule has 23 heavy (non-hydrogen) atoms. The van der Waals surface area contributed by atoms with Gasteiger partial charge >= 0.3 is 0 Å². The fourth-order valence-electron chi connectivity index (χ4n) is 2.81. The van der Waals surface area contributed by atoms with E-state index >= 15 is 0 Å². The maximum Gasteiger partial charge on any atom is 0.243 e. The number of piperidine rings is 1. The highest BCUT2D eigenvalue weighted by atomic mass is 32.2. The first-order valence-corrected chi connectivity index (χ1v) is 9.28. The van der Waals surface area contributed by atoms with Crippen molar-refractivity contribution in [1.29, 1.82) is 0 Å². The quantitative estimate of drug-likeness (QED) is 0.864. The van der Waals surface area contributed by atoms with Crippen LogP contribution in [0.25, 0.3) is 0 Å². The highest BCUT2D eigenvalue weighted by Crippen LogP contribution is 2.24. The molecule has 0 amide bonds. The van der Waals surface area contributed by atoms with E-state index in [2.05, 4.69) is 0 Å². The van der Waals surface area contributed by atoms with Crippen molar-refractivity contribution in [3.05, 3.63) is 60.2 Å². The first-order chi connectivity index (χ1) is 11.1. The fourth-order valence-corrected chi connectivity index (χ4v) is 4.30. The van der Waals surface area contributed by atoms with Crippen LogP contribution in [0.5, 0.6) is 5.75 Å². The molecule has 1 heterocycles. The van der Waals surface area contributed by atoms with Gasteiger partial charge in [0.05, 0.1) is 4.90 Å². The van der Waals surface area contributed by atoms with E-state index < -0.39 is 10.0 Å². The molecular formula is C18H21NO3S. The highest BCUT2D eigenvalue weighted by molar-refractivity contribution is 7.89. The van der Waals surface area contributed by atoms with Crippen molar-refractivity contribution in [3.63, 3.8) is 0 Å². The summed E-state index contributed by atoms with van der Waals surface area (Å²) in [5.41, 5.74) is 1.16. The third-order valence-electron chi connectivity index (χ3n) is 4.07. The second-order valence-corrected chi connectivity index (χ2v) is 7.79. The summed E-state index contributed by atoms with van der Waals surface area (Å²) < 4.78 is 32.7. The van der Waals surface area contributed by atoms with E-state index in [1.165, 1.54) is 0 Å². The van der Waals surface area contributed by atoms with Crippen LogP contribution < -0.4 is 4.74 Å². The standard InChI is InChI=1S/C18H21NO3S/c1-15-6-5-7-17(14-15)22-16-10-12-19(13-11-16)23(20,21)18-8-3-2-4-9-18/h2-9,14,16H,10-13H2,1H3. The van der Waals surface area contributed by atoms with E-state index in [1.807, 2.05) is 37.3 Å². The van der Waals surface area contributed by atoms with Crippen molar-refractivity contribution in [3.8, 4) is 5.75 Å². The smallest absolute Gasteiger partial charge is 0.243 e. The largest absolute Gasteiger partial charge is 0.490 e. The van der Waals surface area contributed by atoms with Crippen LogP contribution in [-0.4, -0.2) is 31.9 Å². The summed E-state index contributed by atoms with van der Waals surface area (Å²) in [6.45, 7) is 3.02. The number of nitrogens with zero attached hydrogens (tertiary/aromatic N) is 1. The number of hydrogen-bond donors (Lipinski definition) is 0. The number of benzene rings is 2. The van der Waals surface area contributed by atoms with Crippen molar-refractivity contribution in [2.24, 2.45) is 0 Å². The molecule has 1 saturated heterocycles. The zero-order chi connectivity index (χ0) is 16.3. The Hall–Kier alpha value is -1.85. The predicted octanol–water partition coefficient (Wildman–Crippen LogP) is 3.23. The molecule has 0 radical (unpaired) electrons. The molecule has 4 nitrogen and oxygen atoms in total. The van der Waals surface area contributed by atoms with Crippen molar-refractivity contribution in [1.82, 2.24) is 4.31 Å². The summed E-state index contributed by atoms with van der Waals surface area (Å²) in [7, 11) is -3.39. The molecule has 0 aromatic heterocycles. The SMILES string of the molecule is Cc1cccc(OC2CCN(S(=O)(=O)c3ccccc3)CC2)c1. The van der Waals surface area contributed by atoms with Crippen LogP contribution >= 0.6 is 0 Å². The Kier molecular flexibility index (Phi) is 4.68. The van der Waals surface area contributed by atoms with Crippen molar-refractivity contribution < 1.29 is 13.2 Å². The van der Waals surface area contributed by atoms with Crippen LogP contribution in [0.3, 0.4) is 0 Å². The number of aryl methyl sites for hydroxylation is 1. The van der Waals surface area contributed by atoms with Crippen LogP contribution in [0.1, 0.15) is 18.4 Å². The molecule has 0 saturated carbocycles. The molecule has 0 aliphatic carbocycles. The molecule has 1 fully saturated rings. The summed E-state index contributed by atoms with van der Waals surface area (Å²) in [6, 6.07) is 16.6. The number of rotatable bonds is 4. The zero-order valence-corrected chi connectivity index (χ0v) is 14.0. The second-order valence-electron chi connectivity index (χ2n) is 5.85. The van der Waals surface area contributed by atoms with E-state index in [0.29, 0.717) is 30.8 Å². The van der Waals surface area contributed by atoms with Gasteiger partial charge in [-0.1, -0.05) is 30.3 Å². The second kappa shape index (κ2) is 6.72. The number of sulfonamides is 1. The van der Waals surface area contributed by atoms with Gasteiger partial charge in [0.15, 0.2) is 0 Å². The van der Waals surface area contributed by atoms with Gasteiger partial charge in [-0.3, -0.25) is 0 Å². The van der Waals surface area contributed by atoms with Crippen molar-refractivity contribution in [2.75, 3.05) is 13.1 Å². The third-order valence-corrected chi connectivity index (χ3v) is 5.99. The normalized spacial score (nSPS) is 17.1. The van der Waals surface area contributed by atoms with Gasteiger partial charge in [-0.2, -0.15) is 4.31 Å². The lowest BCUT2D eigenvalue weighted by atomic mass is 10.1. The molecule has 5 heteroatoms. The molecule has 0 atom stereocenters. The van der Waals surface area contributed by atoms with E-state index in [-0.39, 0.29) is 6.10 Å². The molecule has 2 aromatic carbocycles. The first kappa shape index (κ1) is 16.0. The molecule has 122 valence electrons. The van der Waals surface area contributed by atoms with Gasteiger partial charge in [0.25, 0.3) is 0 Å². The highest BCUT2D eigenvalue weighted by Gasteiger charge is 2.29. The Morgan fingerprint density at radius 3 is 2.35 bits per heavy atom. The van der Waals surface area contributed by atoms with Crippen molar-refractivity contribution in [2.45, 2.75) is 30.8 Å². The Bertz CT molecular complexity index is 751. The maximum absolute atomic E-state index is 12.6. The Labute approximate surface area is 137 Å². The van der Waals surface area contributed by atoms with E-state index in [9.17, 15) is 8.42 Å². The number of hydrogen-bond acceptors (Lipinski definition) is 3. The minimum Gasteiger partial charge on any atom is -0.490 e. The van der Waals surface area contributed by atoms with Gasteiger partial charge in [0.2, 0.25) is 10.0 Å². The molecule has 0 spiro atoms. The van der Waals surface area contributed by atoms with Gasteiger partial charge in [-0.05, 0) is 49.6 Å². The third kappa shape index (κ3) is 3.74. The summed E-state index contributed by atoms with van der Waals surface area (Å²) in [5, 5.41) is 0. The van der Waals surface area contributed by atoms with Crippen LogP contribution in [0, 0.1) is 6.92 Å². The molecule has 0 unspecified atom stereocenters. The summed E-state index contributed by atoms with van der Waals surface area (Å²) in [4.78, 5) is 0.359. The fraction of sp³-hybridized carbons (Fsp3) is 0.333. The van der Waals surface area contributed by atoms with Crippen LogP contribution in [0.2, 0.25) is 0 Å². The molecule has 3 rings (SSSR count). The van der Waals surface area contributed by atoms with Gasteiger partial charge < -0.3 is 4.74 Å². The molecule has 2 aromatic rings. The molecule has 1 aliphatic rings. The maximum atomic E-state index is 12.6. The summed E-state index contributed by atoms with van der Waals surface area (Å²) in [6.07, 6.45) is 1.49. The van der Waals surface area contributed by atoms with E-state index in [0.717, 1.165) is 11.3 Å². The zero-order valence-electron chi connectivity index (χ0n) is 13.2. The van der Waals surface area contributed by atoms with E-state index in [4.69, 9.17) is 4.74 Å². The average Bonchev–Trinajstić information content (AvgIpc) is 2.56. The molecule has 0 N–H and O–H groups in total. The van der Waals surface area contributed by atoms with Crippen LogP contribution in [0.4, 0.5) is 0 Å². The minimum absolute atomic E-state index is 0.0685. The average molecular weight is 331 g/mol. The Balaban J connectivity index is 1.62. The monoisotopic (exact) mass is 331 g/mol. The van der Waals surface area contributed by atoms with Gasteiger partial charge in [-0.25, -0.2) is 8.42 Å². The molecular weight excluding hydrogens is 310 g/mol. The number of ether oxygens (including phenoxy) is 1. The lowest BCUT2D eigenvalue weighted by Gasteiger charge is -2.31. The summed E-state index contributed by atoms with van der Waals surface area (Å²) in [5.74, 6) is 0.856. The molecule has 0 bridgehead atoms. The predicted molar refractivity (Wildman–Crippen MR) is 90.0 cm³/mol. The Morgan fingerprint density at radius 2 is 1.70 bits per heavy atom. The van der Waals surface area contributed by atoms with Gasteiger partial charge in [0.1, 0.15) is 11.9 Å². The van der Waals surface area contributed by atoms with Crippen LogP contribution in [0.15, 0.2) is 59.5 Å². The lowest BCUT2D eigenvalue weighted by Crippen LogP contribution is -2.41. The summed E-state index contributed by atoms with van der Waals surface area (Å²) >= 11 is 0.